The van der Waals surface area contributed by atoms with E-state index in [2.05, 4.69) is 51.6 Å². The summed E-state index contributed by atoms with van der Waals surface area (Å²) in [5, 5.41) is 4.17. The van der Waals surface area contributed by atoms with Gasteiger partial charge in [-0.15, -0.1) is 0 Å². The van der Waals surface area contributed by atoms with Gasteiger partial charge in [0, 0.05) is 17.7 Å². The van der Waals surface area contributed by atoms with Gasteiger partial charge in [-0.25, -0.2) is 0 Å². The maximum atomic E-state index is 5.68. The van der Waals surface area contributed by atoms with Crippen molar-refractivity contribution < 1.29 is 0 Å². The molecule has 1 aromatic heterocycles. The standard InChI is InChI=1S/C13H17BrN4/c1-9-3-4-12(14)11(5-9)13(17-15)6-10-7-16-18(2)8-10/h3-5,7-8,13,17H,6,15H2,1-2H3. The summed E-state index contributed by atoms with van der Waals surface area (Å²) in [6, 6.07) is 6.34. The predicted octanol–water partition coefficient (Wildman–Crippen LogP) is 2.24. The van der Waals surface area contributed by atoms with Crippen molar-refractivity contribution >= 4 is 15.9 Å². The quantitative estimate of drug-likeness (QED) is 0.673. The zero-order valence-corrected chi connectivity index (χ0v) is 12.1. The van der Waals surface area contributed by atoms with Crippen molar-refractivity contribution in [3.05, 3.63) is 51.8 Å². The number of hydrogen-bond donors (Lipinski definition) is 2. The first-order chi connectivity index (χ1) is 8.60. The van der Waals surface area contributed by atoms with Crippen molar-refractivity contribution in [2.75, 3.05) is 0 Å². The van der Waals surface area contributed by atoms with Gasteiger partial charge < -0.3 is 0 Å². The molecule has 5 heteroatoms. The van der Waals surface area contributed by atoms with Gasteiger partial charge in [0.2, 0.25) is 0 Å². The van der Waals surface area contributed by atoms with Gasteiger partial charge in [-0.2, -0.15) is 5.10 Å². The maximum absolute atomic E-state index is 5.68. The topological polar surface area (TPSA) is 55.9 Å². The Morgan fingerprint density at radius 1 is 1.50 bits per heavy atom. The van der Waals surface area contributed by atoms with Gasteiger partial charge in [0.25, 0.3) is 0 Å². The molecule has 0 radical (unpaired) electrons. The highest BCUT2D eigenvalue weighted by molar-refractivity contribution is 9.10. The van der Waals surface area contributed by atoms with E-state index in [0.717, 1.165) is 16.5 Å². The van der Waals surface area contributed by atoms with E-state index in [4.69, 9.17) is 5.84 Å². The number of hydrazine groups is 1. The van der Waals surface area contributed by atoms with Crippen molar-refractivity contribution in [1.82, 2.24) is 15.2 Å². The lowest BCUT2D eigenvalue weighted by molar-refractivity contribution is 0.549. The van der Waals surface area contributed by atoms with Crippen LogP contribution in [0.2, 0.25) is 0 Å². The molecular formula is C13H17BrN4. The highest BCUT2D eigenvalue weighted by atomic mass is 79.9. The Bertz CT molecular complexity index is 536. The minimum Gasteiger partial charge on any atom is -0.276 e. The molecule has 0 fully saturated rings. The lowest BCUT2D eigenvalue weighted by Crippen LogP contribution is -2.29. The Labute approximate surface area is 115 Å². The number of hydrogen-bond acceptors (Lipinski definition) is 3. The van der Waals surface area contributed by atoms with E-state index < -0.39 is 0 Å². The third kappa shape index (κ3) is 2.98. The first-order valence-corrected chi connectivity index (χ1v) is 6.59. The molecule has 3 N–H and O–H groups in total. The van der Waals surface area contributed by atoms with Crippen LogP contribution >= 0.6 is 15.9 Å². The van der Waals surface area contributed by atoms with Crippen molar-refractivity contribution in [1.29, 1.82) is 0 Å². The molecule has 2 aromatic rings. The van der Waals surface area contributed by atoms with Gasteiger partial charge in [0.15, 0.2) is 0 Å². The van der Waals surface area contributed by atoms with Crippen LogP contribution in [0.5, 0.6) is 0 Å². The molecule has 4 nitrogen and oxygen atoms in total. The van der Waals surface area contributed by atoms with Crippen molar-refractivity contribution in [3.8, 4) is 0 Å². The van der Waals surface area contributed by atoms with Crippen LogP contribution in [0.1, 0.15) is 22.7 Å². The Morgan fingerprint density at radius 2 is 2.28 bits per heavy atom. The van der Waals surface area contributed by atoms with Crippen molar-refractivity contribution in [2.24, 2.45) is 12.9 Å². The molecule has 18 heavy (non-hydrogen) atoms. The number of rotatable bonds is 4. The zero-order chi connectivity index (χ0) is 13.1. The largest absolute Gasteiger partial charge is 0.276 e. The van der Waals surface area contributed by atoms with E-state index in [-0.39, 0.29) is 6.04 Å². The smallest absolute Gasteiger partial charge is 0.0522 e. The molecule has 1 aromatic carbocycles. The van der Waals surface area contributed by atoms with Crippen LogP contribution < -0.4 is 11.3 Å². The van der Waals surface area contributed by atoms with Gasteiger partial charge in [0.05, 0.1) is 12.2 Å². The van der Waals surface area contributed by atoms with Gasteiger partial charge in [0.1, 0.15) is 0 Å². The second kappa shape index (κ2) is 5.65. The average Bonchev–Trinajstić information content (AvgIpc) is 2.75. The highest BCUT2D eigenvalue weighted by Crippen LogP contribution is 2.26. The molecule has 0 bridgehead atoms. The Morgan fingerprint density at radius 3 is 2.89 bits per heavy atom. The third-order valence-electron chi connectivity index (χ3n) is 2.93. The summed E-state index contributed by atoms with van der Waals surface area (Å²) < 4.78 is 2.87. The number of nitrogens with one attached hydrogen (secondary N) is 1. The summed E-state index contributed by atoms with van der Waals surface area (Å²) in [6.07, 6.45) is 4.69. The van der Waals surface area contributed by atoms with Crippen LogP contribution in [0.3, 0.4) is 0 Å². The molecule has 0 saturated heterocycles. The lowest BCUT2D eigenvalue weighted by atomic mass is 10.00. The molecular weight excluding hydrogens is 292 g/mol. The van der Waals surface area contributed by atoms with E-state index in [1.165, 1.54) is 11.1 Å². The molecule has 0 aliphatic carbocycles. The maximum Gasteiger partial charge on any atom is 0.0522 e. The van der Waals surface area contributed by atoms with Crippen LogP contribution in [0.4, 0.5) is 0 Å². The van der Waals surface area contributed by atoms with Gasteiger partial charge >= 0.3 is 0 Å². The van der Waals surface area contributed by atoms with Crippen LogP contribution in [0.25, 0.3) is 0 Å². The Balaban J connectivity index is 2.25. The molecule has 0 aliphatic heterocycles. The summed E-state index contributed by atoms with van der Waals surface area (Å²) in [6.45, 7) is 2.08. The SMILES string of the molecule is Cc1ccc(Br)c(C(Cc2cnn(C)c2)NN)c1. The fourth-order valence-electron chi connectivity index (χ4n) is 2.00. The third-order valence-corrected chi connectivity index (χ3v) is 3.65. The molecule has 1 unspecified atom stereocenters. The minimum absolute atomic E-state index is 0.0727. The van der Waals surface area contributed by atoms with Crippen molar-refractivity contribution in [2.45, 2.75) is 19.4 Å². The summed E-state index contributed by atoms with van der Waals surface area (Å²) in [7, 11) is 1.91. The Hall–Kier alpha value is -1.17. The number of nitrogens with two attached hydrogens (primary N) is 1. The molecule has 1 atom stereocenters. The van der Waals surface area contributed by atoms with E-state index in [1.54, 1.807) is 4.68 Å². The fraction of sp³-hybridized carbons (Fsp3) is 0.308. The van der Waals surface area contributed by atoms with Gasteiger partial charge in [-0.3, -0.25) is 16.0 Å². The summed E-state index contributed by atoms with van der Waals surface area (Å²) >= 11 is 3.57. The monoisotopic (exact) mass is 308 g/mol. The second-order valence-electron chi connectivity index (χ2n) is 4.47. The summed E-state index contributed by atoms with van der Waals surface area (Å²) in [5.41, 5.74) is 6.43. The molecule has 0 aliphatic rings. The first-order valence-electron chi connectivity index (χ1n) is 5.80. The number of aromatic nitrogens is 2. The molecule has 0 spiro atoms. The number of benzene rings is 1. The molecule has 2 rings (SSSR count). The first kappa shape index (κ1) is 13.3. The number of aryl methyl sites for hydroxylation is 2. The van der Waals surface area contributed by atoms with Crippen LogP contribution in [-0.4, -0.2) is 9.78 Å². The minimum atomic E-state index is 0.0727. The molecule has 96 valence electrons. The van der Waals surface area contributed by atoms with Crippen LogP contribution in [0, 0.1) is 6.92 Å². The fourth-order valence-corrected chi connectivity index (χ4v) is 2.52. The predicted molar refractivity (Wildman–Crippen MR) is 75.9 cm³/mol. The van der Waals surface area contributed by atoms with E-state index in [0.29, 0.717) is 0 Å². The number of halogens is 1. The normalized spacial score (nSPS) is 12.7. The van der Waals surface area contributed by atoms with E-state index in [9.17, 15) is 0 Å². The highest BCUT2D eigenvalue weighted by Gasteiger charge is 2.14. The second-order valence-corrected chi connectivity index (χ2v) is 5.32. The summed E-state index contributed by atoms with van der Waals surface area (Å²) in [5.74, 6) is 5.68. The van der Waals surface area contributed by atoms with Crippen LogP contribution in [0.15, 0.2) is 35.1 Å². The Kier molecular flexibility index (Phi) is 4.16. The molecule has 1 heterocycles. The van der Waals surface area contributed by atoms with Gasteiger partial charge in [-0.1, -0.05) is 33.6 Å². The zero-order valence-electron chi connectivity index (χ0n) is 10.5. The van der Waals surface area contributed by atoms with E-state index >= 15 is 0 Å². The average molecular weight is 309 g/mol. The molecule has 0 amide bonds. The van der Waals surface area contributed by atoms with E-state index in [1.807, 2.05) is 19.4 Å². The lowest BCUT2D eigenvalue weighted by Gasteiger charge is -2.17. The van der Waals surface area contributed by atoms with Crippen molar-refractivity contribution in [3.63, 3.8) is 0 Å². The van der Waals surface area contributed by atoms with Crippen LogP contribution in [-0.2, 0) is 13.5 Å². The molecule has 0 saturated carbocycles. The summed E-state index contributed by atoms with van der Waals surface area (Å²) in [4.78, 5) is 0. The number of nitrogens with zero attached hydrogens (tertiary/aromatic N) is 2. The van der Waals surface area contributed by atoms with Gasteiger partial charge in [-0.05, 0) is 30.5 Å².